The van der Waals surface area contributed by atoms with Gasteiger partial charge in [0.25, 0.3) is 0 Å². The van der Waals surface area contributed by atoms with Gasteiger partial charge in [-0.05, 0) is 35.4 Å². The lowest BCUT2D eigenvalue weighted by atomic mass is 9.88. The lowest BCUT2D eigenvalue weighted by Gasteiger charge is -2.42. The molecule has 2 aromatic carbocycles. The number of phenols is 2. The van der Waals surface area contributed by atoms with E-state index in [-0.39, 0.29) is 23.0 Å². The topological polar surface area (TPSA) is 179 Å². The molecule has 188 valence electrons. The molecule has 34 heavy (non-hydrogen) atoms. The average molecular weight is 482 g/mol. The highest BCUT2D eigenvalue weighted by Gasteiger charge is 2.45. The molecule has 1 fully saturated rings. The molecular formula is C23H30O11. The summed E-state index contributed by atoms with van der Waals surface area (Å²) in [7, 11) is 2.74. The molecular weight excluding hydrogens is 452 g/mol. The van der Waals surface area contributed by atoms with Crippen molar-refractivity contribution in [3.8, 4) is 23.0 Å². The molecule has 11 heteroatoms. The van der Waals surface area contributed by atoms with Crippen molar-refractivity contribution < 1.29 is 54.7 Å². The minimum atomic E-state index is -1.67. The van der Waals surface area contributed by atoms with Crippen molar-refractivity contribution in [2.75, 3.05) is 27.4 Å². The van der Waals surface area contributed by atoms with Gasteiger partial charge in [-0.25, -0.2) is 0 Å². The average Bonchev–Trinajstić information content (AvgIpc) is 2.85. The number of aromatic hydroxyl groups is 2. The molecule has 7 N–H and O–H groups in total. The Bertz CT molecular complexity index is 951. The van der Waals surface area contributed by atoms with Gasteiger partial charge in [-0.15, -0.1) is 0 Å². The van der Waals surface area contributed by atoms with Crippen molar-refractivity contribution in [1.82, 2.24) is 0 Å². The fraction of sp³-hybridized carbons (Fsp3) is 0.478. The van der Waals surface area contributed by atoms with Crippen molar-refractivity contribution in [2.45, 2.75) is 42.7 Å². The standard InChI is InChI=1S/C23H30O11/c1-31-16-7-11(3-5-14(16)26)13(9-24)22(12-4-6-15(27)17(8-12)32-2)34-23-21(30)20(29)19(28)18(10-25)33-23/h3-8,13,18-30H,9-10H2,1-2H3/t13-,18-,19+,20+,21-,22+,23+/m0/s1. The summed E-state index contributed by atoms with van der Waals surface area (Å²) in [5.41, 5.74) is 0.913. The molecule has 1 saturated heterocycles. The number of aliphatic hydroxyl groups excluding tert-OH is 5. The molecule has 2 aromatic rings. The first-order valence-electron chi connectivity index (χ1n) is 10.6. The lowest BCUT2D eigenvalue weighted by molar-refractivity contribution is -0.314. The molecule has 11 nitrogen and oxygen atoms in total. The zero-order chi connectivity index (χ0) is 25.0. The molecule has 7 atom stereocenters. The van der Waals surface area contributed by atoms with E-state index in [0.29, 0.717) is 11.1 Å². The Balaban J connectivity index is 2.05. The van der Waals surface area contributed by atoms with Gasteiger partial charge in [0.15, 0.2) is 29.3 Å². The molecule has 0 unspecified atom stereocenters. The third kappa shape index (κ3) is 5.20. The van der Waals surface area contributed by atoms with Crippen LogP contribution < -0.4 is 9.47 Å². The first kappa shape index (κ1) is 26.0. The summed E-state index contributed by atoms with van der Waals surface area (Å²) in [5.74, 6) is -0.771. The molecule has 1 aliphatic heterocycles. The van der Waals surface area contributed by atoms with Crippen LogP contribution in [0.2, 0.25) is 0 Å². The van der Waals surface area contributed by atoms with Crippen LogP contribution in [-0.4, -0.2) is 93.9 Å². The number of benzene rings is 2. The summed E-state index contributed by atoms with van der Waals surface area (Å²) in [5, 5.41) is 70.5. The Morgan fingerprint density at radius 2 is 1.38 bits per heavy atom. The number of aliphatic hydroxyl groups is 5. The van der Waals surface area contributed by atoms with Crippen LogP contribution in [0.1, 0.15) is 23.1 Å². The Hall–Kier alpha value is -2.64. The lowest BCUT2D eigenvalue weighted by Crippen LogP contribution is -2.59. The van der Waals surface area contributed by atoms with Crippen LogP contribution in [0.25, 0.3) is 0 Å². The van der Waals surface area contributed by atoms with E-state index in [1.165, 1.54) is 44.6 Å². The first-order chi connectivity index (χ1) is 16.2. The predicted molar refractivity (Wildman–Crippen MR) is 117 cm³/mol. The van der Waals surface area contributed by atoms with E-state index in [4.69, 9.17) is 18.9 Å². The van der Waals surface area contributed by atoms with E-state index >= 15 is 0 Å². The van der Waals surface area contributed by atoms with Gasteiger partial charge in [0, 0.05) is 5.92 Å². The zero-order valence-electron chi connectivity index (χ0n) is 18.7. The maximum absolute atomic E-state index is 10.5. The number of hydrogen-bond donors (Lipinski definition) is 7. The van der Waals surface area contributed by atoms with E-state index in [1.807, 2.05) is 0 Å². The van der Waals surface area contributed by atoms with E-state index < -0.39 is 55.9 Å². The van der Waals surface area contributed by atoms with Crippen LogP contribution in [-0.2, 0) is 9.47 Å². The van der Waals surface area contributed by atoms with E-state index in [1.54, 1.807) is 6.07 Å². The van der Waals surface area contributed by atoms with Gasteiger partial charge < -0.3 is 54.7 Å². The quantitative estimate of drug-likeness (QED) is 0.251. The van der Waals surface area contributed by atoms with Gasteiger partial charge in [0.05, 0.1) is 33.5 Å². The Morgan fingerprint density at radius 1 is 0.824 bits per heavy atom. The van der Waals surface area contributed by atoms with Gasteiger partial charge in [-0.2, -0.15) is 0 Å². The molecule has 0 radical (unpaired) electrons. The largest absolute Gasteiger partial charge is 0.504 e. The smallest absolute Gasteiger partial charge is 0.187 e. The number of ether oxygens (including phenoxy) is 4. The maximum atomic E-state index is 10.5. The highest BCUT2D eigenvalue weighted by atomic mass is 16.7. The van der Waals surface area contributed by atoms with E-state index in [0.717, 1.165) is 0 Å². The van der Waals surface area contributed by atoms with E-state index in [9.17, 15) is 35.7 Å². The first-order valence-corrected chi connectivity index (χ1v) is 10.6. The SMILES string of the molecule is COc1cc([C@@H](O[C@H]2O[C@@H](CO)[C@@H](O)[C@@H](O)[C@@H]2O)[C@@H](CO)c2ccc(O)c(OC)c2)ccc1O. The minimum absolute atomic E-state index is 0.111. The van der Waals surface area contributed by atoms with Crippen LogP contribution in [0.4, 0.5) is 0 Å². The van der Waals surface area contributed by atoms with Crippen LogP contribution in [0, 0.1) is 0 Å². The molecule has 0 amide bonds. The van der Waals surface area contributed by atoms with Crippen molar-refractivity contribution in [2.24, 2.45) is 0 Å². The Labute approximate surface area is 196 Å². The van der Waals surface area contributed by atoms with Gasteiger partial charge in [0.1, 0.15) is 24.4 Å². The normalized spacial score (nSPS) is 26.6. The van der Waals surface area contributed by atoms with Gasteiger partial charge >= 0.3 is 0 Å². The van der Waals surface area contributed by atoms with Crippen molar-refractivity contribution in [1.29, 1.82) is 0 Å². The summed E-state index contributed by atoms with van der Waals surface area (Å²) in [6, 6.07) is 8.82. The van der Waals surface area contributed by atoms with Crippen LogP contribution >= 0.6 is 0 Å². The molecule has 0 aromatic heterocycles. The molecule has 0 aliphatic carbocycles. The van der Waals surface area contributed by atoms with Crippen molar-refractivity contribution >= 4 is 0 Å². The number of hydrogen-bond acceptors (Lipinski definition) is 11. The van der Waals surface area contributed by atoms with Crippen LogP contribution in [0.5, 0.6) is 23.0 Å². The second-order valence-corrected chi connectivity index (χ2v) is 7.91. The molecule has 1 heterocycles. The monoisotopic (exact) mass is 482 g/mol. The highest BCUT2D eigenvalue weighted by Crippen LogP contribution is 2.41. The molecule has 0 bridgehead atoms. The highest BCUT2D eigenvalue weighted by molar-refractivity contribution is 5.46. The van der Waals surface area contributed by atoms with Crippen molar-refractivity contribution in [3.63, 3.8) is 0 Å². The zero-order valence-corrected chi connectivity index (χ0v) is 18.7. The van der Waals surface area contributed by atoms with Crippen LogP contribution in [0.15, 0.2) is 36.4 Å². The van der Waals surface area contributed by atoms with Gasteiger partial charge in [-0.1, -0.05) is 12.1 Å². The Kier molecular flexibility index (Phi) is 8.55. The number of methoxy groups -OCH3 is 2. The summed E-state index contributed by atoms with van der Waals surface area (Å²) < 4.78 is 21.9. The third-order valence-corrected chi connectivity index (χ3v) is 5.86. The van der Waals surface area contributed by atoms with Crippen molar-refractivity contribution in [3.05, 3.63) is 47.5 Å². The van der Waals surface area contributed by atoms with E-state index in [2.05, 4.69) is 0 Å². The van der Waals surface area contributed by atoms with Gasteiger partial charge in [0.2, 0.25) is 0 Å². The Morgan fingerprint density at radius 3 is 1.91 bits per heavy atom. The molecule has 0 saturated carbocycles. The molecule has 3 rings (SSSR count). The molecule has 0 spiro atoms. The molecule has 1 aliphatic rings. The summed E-state index contributed by atoms with van der Waals surface area (Å²) in [6.07, 6.45) is -8.63. The van der Waals surface area contributed by atoms with Crippen LogP contribution in [0.3, 0.4) is 0 Å². The minimum Gasteiger partial charge on any atom is -0.504 e. The summed E-state index contributed by atoms with van der Waals surface area (Å²) >= 11 is 0. The summed E-state index contributed by atoms with van der Waals surface area (Å²) in [6.45, 7) is -1.10. The second-order valence-electron chi connectivity index (χ2n) is 7.91. The summed E-state index contributed by atoms with van der Waals surface area (Å²) in [4.78, 5) is 0. The second kappa shape index (κ2) is 11.2. The third-order valence-electron chi connectivity index (χ3n) is 5.86. The predicted octanol–water partition coefficient (Wildman–Crippen LogP) is -0.251. The van der Waals surface area contributed by atoms with Gasteiger partial charge in [-0.3, -0.25) is 0 Å². The number of rotatable bonds is 9. The fourth-order valence-electron chi connectivity index (χ4n) is 3.90. The fourth-order valence-corrected chi connectivity index (χ4v) is 3.90. The maximum Gasteiger partial charge on any atom is 0.187 e. The number of phenolic OH excluding ortho intramolecular Hbond substituents is 2.